The molecule has 2 rings (SSSR count). The van der Waals surface area contributed by atoms with Crippen molar-refractivity contribution in [2.45, 2.75) is 47.0 Å². The molecular formula is C20H26O2. The van der Waals surface area contributed by atoms with Crippen molar-refractivity contribution in [1.29, 1.82) is 0 Å². The fourth-order valence-electron chi connectivity index (χ4n) is 3.54. The molecule has 0 unspecified atom stereocenters. The highest BCUT2D eigenvalue weighted by Crippen LogP contribution is 2.46. The Balaban J connectivity index is 2.29. The molecule has 1 aliphatic rings. The molecule has 0 spiro atoms. The average Bonchev–Trinajstić information content (AvgIpc) is 2.46. The third-order valence-electron chi connectivity index (χ3n) is 4.99. The minimum Gasteiger partial charge on any atom is -0.299 e. The van der Waals surface area contributed by atoms with Crippen molar-refractivity contribution in [2.75, 3.05) is 0 Å². The average molecular weight is 298 g/mol. The van der Waals surface area contributed by atoms with Crippen LogP contribution in [0.15, 0.2) is 42.0 Å². The van der Waals surface area contributed by atoms with E-state index < -0.39 is 5.92 Å². The van der Waals surface area contributed by atoms with Crippen molar-refractivity contribution >= 4 is 11.6 Å². The number of rotatable bonds is 4. The van der Waals surface area contributed by atoms with Crippen LogP contribution < -0.4 is 0 Å². The van der Waals surface area contributed by atoms with Crippen LogP contribution >= 0.6 is 0 Å². The van der Waals surface area contributed by atoms with Gasteiger partial charge in [-0.1, -0.05) is 55.8 Å². The summed E-state index contributed by atoms with van der Waals surface area (Å²) >= 11 is 0. The highest BCUT2D eigenvalue weighted by molar-refractivity contribution is 6.11. The van der Waals surface area contributed by atoms with E-state index in [-0.39, 0.29) is 17.0 Å². The fraction of sp³-hybridized carbons (Fsp3) is 0.500. The topological polar surface area (TPSA) is 34.1 Å². The fourth-order valence-corrected chi connectivity index (χ4v) is 3.54. The molecule has 0 aliphatic heterocycles. The molecule has 2 atom stereocenters. The quantitative estimate of drug-likeness (QED) is 0.452. The first kappa shape index (κ1) is 16.7. The van der Waals surface area contributed by atoms with Crippen LogP contribution in [0.5, 0.6) is 0 Å². The third-order valence-corrected chi connectivity index (χ3v) is 4.99. The molecule has 0 aromatic heterocycles. The summed E-state index contributed by atoms with van der Waals surface area (Å²) in [7, 11) is 0. The second-order valence-corrected chi connectivity index (χ2v) is 7.20. The summed E-state index contributed by atoms with van der Waals surface area (Å²) in [6.07, 6.45) is 4.58. The maximum absolute atomic E-state index is 12.9. The minimum absolute atomic E-state index is 0.0162. The molecule has 1 aromatic carbocycles. The molecule has 2 nitrogen and oxygen atoms in total. The van der Waals surface area contributed by atoms with Crippen molar-refractivity contribution in [3.63, 3.8) is 0 Å². The molecule has 1 fully saturated rings. The maximum Gasteiger partial charge on any atom is 0.173 e. The molecule has 1 aromatic rings. The first-order chi connectivity index (χ1) is 10.3. The molecule has 1 saturated carbocycles. The summed E-state index contributed by atoms with van der Waals surface area (Å²) in [6, 6.07) is 9.22. The Labute approximate surface area is 133 Å². The van der Waals surface area contributed by atoms with Gasteiger partial charge in [0.2, 0.25) is 0 Å². The van der Waals surface area contributed by atoms with E-state index in [4.69, 9.17) is 0 Å². The molecule has 0 saturated heterocycles. The molecule has 0 N–H and O–H groups in total. The van der Waals surface area contributed by atoms with Gasteiger partial charge in [0.25, 0.3) is 0 Å². The highest BCUT2D eigenvalue weighted by atomic mass is 16.2. The van der Waals surface area contributed by atoms with Crippen LogP contribution in [0.2, 0.25) is 0 Å². The van der Waals surface area contributed by atoms with E-state index in [1.54, 1.807) is 0 Å². The van der Waals surface area contributed by atoms with Gasteiger partial charge < -0.3 is 0 Å². The number of hydrogen-bond donors (Lipinski definition) is 0. The van der Waals surface area contributed by atoms with Crippen LogP contribution in [0.25, 0.3) is 0 Å². The predicted octanol–water partition coefficient (Wildman–Crippen LogP) is 4.85. The molecule has 0 bridgehead atoms. The Kier molecular flexibility index (Phi) is 5.00. The summed E-state index contributed by atoms with van der Waals surface area (Å²) < 4.78 is 0. The molecule has 0 radical (unpaired) electrons. The van der Waals surface area contributed by atoms with Gasteiger partial charge in [-0.2, -0.15) is 0 Å². The maximum atomic E-state index is 12.9. The summed E-state index contributed by atoms with van der Waals surface area (Å²) in [6.45, 7) is 8.35. The van der Waals surface area contributed by atoms with Gasteiger partial charge in [0, 0.05) is 12.0 Å². The van der Waals surface area contributed by atoms with Crippen LogP contribution in [0, 0.1) is 17.3 Å². The lowest BCUT2D eigenvalue weighted by atomic mass is 9.59. The van der Waals surface area contributed by atoms with Crippen molar-refractivity contribution in [1.82, 2.24) is 0 Å². The summed E-state index contributed by atoms with van der Waals surface area (Å²) in [5, 5.41) is 0. The molecule has 2 heteroatoms. The molecular weight excluding hydrogens is 272 g/mol. The Morgan fingerprint density at radius 2 is 1.86 bits per heavy atom. The lowest BCUT2D eigenvalue weighted by Gasteiger charge is -2.43. The first-order valence-electron chi connectivity index (χ1n) is 8.09. The second kappa shape index (κ2) is 6.60. The van der Waals surface area contributed by atoms with Gasteiger partial charge in [0.05, 0.1) is 5.92 Å². The van der Waals surface area contributed by atoms with E-state index in [2.05, 4.69) is 33.8 Å². The van der Waals surface area contributed by atoms with Crippen LogP contribution in [0.4, 0.5) is 0 Å². The van der Waals surface area contributed by atoms with Crippen LogP contribution in [-0.2, 0) is 4.79 Å². The van der Waals surface area contributed by atoms with Crippen molar-refractivity contribution in [3.8, 4) is 0 Å². The standard InChI is InChI=1S/C20H26O2/c1-14(2)10-11-16-12-13-17(21)18(20(16,3)4)19(22)15-8-6-5-7-9-15/h5-10,16,18H,11-13H2,1-4H3/t16-,18-/m0/s1. The number of ketones is 2. The number of carbonyl (C=O) groups excluding carboxylic acids is 2. The lowest BCUT2D eigenvalue weighted by Crippen LogP contribution is -2.46. The summed E-state index contributed by atoms with van der Waals surface area (Å²) in [4.78, 5) is 25.3. The third kappa shape index (κ3) is 3.37. The Bertz CT molecular complexity index is 577. The van der Waals surface area contributed by atoms with Gasteiger partial charge in [-0.25, -0.2) is 0 Å². The number of Topliss-reactive ketones (excluding diaryl/α,β-unsaturated/α-hetero) is 2. The molecule has 0 amide bonds. The van der Waals surface area contributed by atoms with Crippen LogP contribution in [0.1, 0.15) is 57.3 Å². The van der Waals surface area contributed by atoms with Gasteiger partial charge in [-0.15, -0.1) is 0 Å². The number of allylic oxidation sites excluding steroid dienone is 2. The van der Waals surface area contributed by atoms with Gasteiger partial charge >= 0.3 is 0 Å². The molecule has 22 heavy (non-hydrogen) atoms. The Morgan fingerprint density at radius 1 is 1.23 bits per heavy atom. The summed E-state index contributed by atoms with van der Waals surface area (Å²) in [5.74, 6) is -0.0539. The van der Waals surface area contributed by atoms with Gasteiger partial charge in [-0.3, -0.25) is 9.59 Å². The molecule has 1 aliphatic carbocycles. The van der Waals surface area contributed by atoms with E-state index in [1.807, 2.05) is 30.3 Å². The lowest BCUT2D eigenvalue weighted by molar-refractivity contribution is -0.129. The minimum atomic E-state index is -0.515. The SMILES string of the molecule is CC(C)=CC[C@H]1CCC(=O)[C@@H](C(=O)c2ccccc2)C1(C)C. The number of benzene rings is 1. The van der Waals surface area contributed by atoms with Crippen LogP contribution in [-0.4, -0.2) is 11.6 Å². The van der Waals surface area contributed by atoms with Gasteiger partial charge in [0.1, 0.15) is 5.78 Å². The van der Waals surface area contributed by atoms with E-state index in [1.165, 1.54) is 5.57 Å². The smallest absolute Gasteiger partial charge is 0.173 e. The first-order valence-corrected chi connectivity index (χ1v) is 8.09. The zero-order valence-electron chi connectivity index (χ0n) is 14.1. The molecule has 118 valence electrons. The Hall–Kier alpha value is -1.70. The van der Waals surface area contributed by atoms with Gasteiger partial charge in [0.15, 0.2) is 5.78 Å². The number of carbonyl (C=O) groups is 2. The van der Waals surface area contributed by atoms with E-state index in [0.717, 1.165) is 12.8 Å². The highest BCUT2D eigenvalue weighted by Gasteiger charge is 2.48. The largest absolute Gasteiger partial charge is 0.299 e. The monoisotopic (exact) mass is 298 g/mol. The zero-order valence-corrected chi connectivity index (χ0v) is 14.1. The molecule has 0 heterocycles. The Morgan fingerprint density at radius 3 is 2.45 bits per heavy atom. The normalized spacial score (nSPS) is 23.9. The second-order valence-electron chi connectivity index (χ2n) is 7.20. The predicted molar refractivity (Wildman–Crippen MR) is 89.8 cm³/mol. The van der Waals surface area contributed by atoms with Crippen LogP contribution in [0.3, 0.4) is 0 Å². The van der Waals surface area contributed by atoms with E-state index in [0.29, 0.717) is 17.9 Å². The van der Waals surface area contributed by atoms with E-state index in [9.17, 15) is 9.59 Å². The zero-order chi connectivity index (χ0) is 16.3. The van der Waals surface area contributed by atoms with Crippen molar-refractivity contribution in [3.05, 3.63) is 47.5 Å². The van der Waals surface area contributed by atoms with E-state index >= 15 is 0 Å². The number of hydrogen-bond acceptors (Lipinski definition) is 2. The summed E-state index contributed by atoms with van der Waals surface area (Å²) in [5.41, 5.74) is 1.64. The van der Waals surface area contributed by atoms with Crippen molar-refractivity contribution in [2.24, 2.45) is 17.3 Å². The van der Waals surface area contributed by atoms with Crippen molar-refractivity contribution < 1.29 is 9.59 Å². The van der Waals surface area contributed by atoms with Gasteiger partial charge in [-0.05, 0) is 38.0 Å².